The third kappa shape index (κ3) is 1.23. The van der Waals surface area contributed by atoms with Crippen molar-refractivity contribution in [2.75, 3.05) is 11.2 Å². The van der Waals surface area contributed by atoms with Gasteiger partial charge in [0, 0.05) is 17.3 Å². The summed E-state index contributed by atoms with van der Waals surface area (Å²) in [5.41, 5.74) is 0.447. The minimum atomic E-state index is -0.749. The van der Waals surface area contributed by atoms with Gasteiger partial charge in [-0.1, -0.05) is 0 Å². The molecule has 2 rings (SSSR count). The maximum Gasteiger partial charge on any atom is 0.275 e. The van der Waals surface area contributed by atoms with Crippen LogP contribution in [0.15, 0.2) is 12.4 Å². The van der Waals surface area contributed by atoms with Crippen molar-refractivity contribution in [3.8, 4) is 0 Å². The molecule has 0 aliphatic carbocycles. The van der Waals surface area contributed by atoms with E-state index in [1.54, 1.807) is 4.67 Å². The minimum absolute atomic E-state index is 0.316. The van der Waals surface area contributed by atoms with E-state index in [0.29, 0.717) is 18.1 Å². The quantitative estimate of drug-likeness (QED) is 0.371. The summed E-state index contributed by atoms with van der Waals surface area (Å²) in [5.74, 6) is 0.578. The van der Waals surface area contributed by atoms with E-state index in [-0.39, 0.29) is 4.92 Å². The topological polar surface area (TPSA) is 72.2 Å². The van der Waals surface area contributed by atoms with Gasteiger partial charge in [-0.2, -0.15) is 0 Å². The van der Waals surface area contributed by atoms with E-state index < -0.39 is 6.04 Å². The molecule has 1 aliphatic heterocycles. The number of anilines is 1. The van der Waals surface area contributed by atoms with E-state index in [0.717, 1.165) is 0 Å². The van der Waals surface area contributed by atoms with E-state index in [1.165, 1.54) is 12.4 Å². The second kappa shape index (κ2) is 2.88. The Hall–Kier alpha value is -1.29. The highest BCUT2D eigenvalue weighted by atomic mass is 31.0. The van der Waals surface area contributed by atoms with Crippen LogP contribution in [0.25, 0.3) is 0 Å². The Bertz CT molecular complexity index is 358. The Morgan fingerprint density at radius 1 is 1.62 bits per heavy atom. The van der Waals surface area contributed by atoms with Crippen LogP contribution in [-0.4, -0.2) is 21.4 Å². The zero-order valence-electron chi connectivity index (χ0n) is 6.62. The first-order chi connectivity index (χ1) is 6.20. The van der Waals surface area contributed by atoms with Crippen LogP contribution in [0.2, 0.25) is 0 Å². The summed E-state index contributed by atoms with van der Waals surface area (Å²) in [7, 11) is 2.40. The van der Waals surface area contributed by atoms with Gasteiger partial charge in [-0.05, 0) is 9.39 Å². The second-order valence-corrected chi connectivity index (χ2v) is 3.34. The highest BCUT2D eigenvalue weighted by Gasteiger charge is 2.37. The summed E-state index contributed by atoms with van der Waals surface area (Å²) in [4.78, 5) is 18.2. The van der Waals surface area contributed by atoms with Crippen LogP contribution >= 0.6 is 9.39 Å². The third-order valence-electron chi connectivity index (χ3n) is 1.92. The average Bonchev–Trinajstić information content (AvgIpc) is 2.45. The maximum atomic E-state index is 10.6. The van der Waals surface area contributed by atoms with Gasteiger partial charge >= 0.3 is 0 Å². The van der Waals surface area contributed by atoms with Gasteiger partial charge in [-0.3, -0.25) is 10.1 Å². The molecule has 1 aliphatic rings. The molecular formula is C6H7N4O2P. The van der Waals surface area contributed by atoms with E-state index >= 15 is 0 Å². The fourth-order valence-corrected chi connectivity index (χ4v) is 1.72. The van der Waals surface area contributed by atoms with Gasteiger partial charge in [0.2, 0.25) is 0 Å². The monoisotopic (exact) mass is 198 g/mol. The smallest absolute Gasteiger partial charge is 0.275 e. The van der Waals surface area contributed by atoms with Crippen LogP contribution in [0.1, 0.15) is 11.7 Å². The van der Waals surface area contributed by atoms with Gasteiger partial charge in [-0.25, -0.2) is 9.97 Å². The van der Waals surface area contributed by atoms with Crippen molar-refractivity contribution in [2.45, 2.75) is 6.04 Å². The number of aromatic nitrogens is 2. The van der Waals surface area contributed by atoms with Crippen LogP contribution in [0.5, 0.6) is 0 Å². The van der Waals surface area contributed by atoms with Gasteiger partial charge < -0.3 is 4.67 Å². The van der Waals surface area contributed by atoms with Crippen LogP contribution in [-0.2, 0) is 0 Å². The molecule has 6 nitrogen and oxygen atoms in total. The second-order valence-electron chi connectivity index (χ2n) is 2.72. The molecule has 2 heterocycles. The van der Waals surface area contributed by atoms with E-state index in [2.05, 4.69) is 19.4 Å². The molecule has 0 spiro atoms. The van der Waals surface area contributed by atoms with Gasteiger partial charge in [0.25, 0.3) is 6.04 Å². The molecular weight excluding hydrogens is 191 g/mol. The molecule has 13 heavy (non-hydrogen) atoms. The Labute approximate surface area is 76.4 Å². The standard InChI is InChI=1S/C6H7N4O2P/c11-10(12)4-3-9(13)6-5(4)7-1-2-8-6/h1-2,4H,3,13H2. The summed E-state index contributed by atoms with van der Waals surface area (Å²) < 4.78 is 1.66. The average molecular weight is 198 g/mol. The van der Waals surface area contributed by atoms with Crippen molar-refractivity contribution in [2.24, 2.45) is 0 Å². The lowest BCUT2D eigenvalue weighted by Gasteiger charge is -2.06. The number of fused-ring (bicyclic) bond motifs is 1. The molecule has 0 radical (unpaired) electrons. The zero-order chi connectivity index (χ0) is 9.42. The highest BCUT2D eigenvalue weighted by Crippen LogP contribution is 2.34. The van der Waals surface area contributed by atoms with Crippen LogP contribution < -0.4 is 4.67 Å². The van der Waals surface area contributed by atoms with Gasteiger partial charge in [0.05, 0.1) is 6.54 Å². The Morgan fingerprint density at radius 3 is 3.00 bits per heavy atom. The molecule has 0 fully saturated rings. The minimum Gasteiger partial charge on any atom is -0.332 e. The first-order valence-corrected chi connectivity index (χ1v) is 4.18. The SMILES string of the molecule is O=[N+]([O-])C1CN(P)c2nccnc21. The maximum absolute atomic E-state index is 10.6. The van der Waals surface area contributed by atoms with Crippen LogP contribution in [0.3, 0.4) is 0 Å². The number of nitrogens with zero attached hydrogens (tertiary/aromatic N) is 4. The molecule has 0 aromatic carbocycles. The lowest BCUT2D eigenvalue weighted by Crippen LogP contribution is -2.15. The molecule has 0 amide bonds. The Morgan fingerprint density at radius 2 is 2.31 bits per heavy atom. The van der Waals surface area contributed by atoms with Crippen LogP contribution in [0, 0.1) is 10.1 Å². The number of hydrogen-bond donors (Lipinski definition) is 0. The molecule has 0 N–H and O–H groups in total. The van der Waals surface area contributed by atoms with Crippen molar-refractivity contribution in [1.29, 1.82) is 0 Å². The Balaban J connectivity index is 2.47. The highest BCUT2D eigenvalue weighted by molar-refractivity contribution is 7.19. The zero-order valence-corrected chi connectivity index (χ0v) is 7.78. The molecule has 1 aromatic rings. The van der Waals surface area contributed by atoms with Gasteiger partial charge in [0.15, 0.2) is 11.5 Å². The Kier molecular flexibility index (Phi) is 1.84. The van der Waals surface area contributed by atoms with Crippen molar-refractivity contribution in [3.63, 3.8) is 0 Å². The fourth-order valence-electron chi connectivity index (χ4n) is 1.32. The number of nitro groups is 1. The van der Waals surface area contributed by atoms with Gasteiger partial charge in [0.1, 0.15) is 0 Å². The summed E-state index contributed by atoms with van der Waals surface area (Å²) in [6.07, 6.45) is 3.00. The molecule has 1 aromatic heterocycles. The summed E-state index contributed by atoms with van der Waals surface area (Å²) in [5, 5.41) is 10.6. The first kappa shape index (κ1) is 8.31. The predicted molar refractivity (Wildman–Crippen MR) is 48.8 cm³/mol. The molecule has 0 bridgehead atoms. The number of hydrogen-bond acceptors (Lipinski definition) is 5. The van der Waals surface area contributed by atoms with Gasteiger partial charge in [-0.15, -0.1) is 0 Å². The number of rotatable bonds is 1. The van der Waals surface area contributed by atoms with Crippen molar-refractivity contribution >= 4 is 15.2 Å². The van der Waals surface area contributed by atoms with E-state index in [9.17, 15) is 10.1 Å². The van der Waals surface area contributed by atoms with Crippen molar-refractivity contribution in [3.05, 3.63) is 28.2 Å². The van der Waals surface area contributed by atoms with E-state index in [1.807, 2.05) is 0 Å². The lowest BCUT2D eigenvalue weighted by atomic mass is 10.3. The molecule has 2 atom stereocenters. The normalized spacial score (nSPS) is 20.1. The third-order valence-corrected chi connectivity index (χ3v) is 2.37. The molecule has 0 saturated heterocycles. The lowest BCUT2D eigenvalue weighted by molar-refractivity contribution is -0.524. The first-order valence-electron chi connectivity index (χ1n) is 3.67. The van der Waals surface area contributed by atoms with E-state index in [4.69, 9.17) is 0 Å². The largest absolute Gasteiger partial charge is 0.332 e. The predicted octanol–water partition coefficient (Wildman–Crippen LogP) is 0.404. The molecule has 7 heteroatoms. The van der Waals surface area contributed by atoms with Crippen LogP contribution in [0.4, 0.5) is 5.82 Å². The molecule has 2 unspecified atom stereocenters. The molecule has 0 saturated carbocycles. The van der Waals surface area contributed by atoms with Crippen molar-refractivity contribution < 1.29 is 4.92 Å². The van der Waals surface area contributed by atoms with Crippen molar-refractivity contribution in [1.82, 2.24) is 9.97 Å². The summed E-state index contributed by atoms with van der Waals surface area (Å²) in [6, 6.07) is -0.749. The fraction of sp³-hybridized carbons (Fsp3) is 0.333. The molecule has 68 valence electrons. The summed E-state index contributed by atoms with van der Waals surface area (Å²) >= 11 is 0. The summed E-state index contributed by atoms with van der Waals surface area (Å²) in [6.45, 7) is 0.316.